The normalized spacial score (nSPS) is 24.6. The molecule has 2 aliphatic heterocycles. The molecule has 0 radical (unpaired) electrons. The van der Waals surface area contributed by atoms with Crippen molar-refractivity contribution in [2.75, 3.05) is 6.54 Å². The van der Waals surface area contributed by atoms with Crippen LogP contribution in [0.3, 0.4) is 0 Å². The average Bonchev–Trinajstić information content (AvgIpc) is 3.09. The smallest absolute Gasteiger partial charge is 0.223 e. The van der Waals surface area contributed by atoms with Crippen LogP contribution in [0.2, 0.25) is 0 Å². The van der Waals surface area contributed by atoms with Gasteiger partial charge in [-0.05, 0) is 30.9 Å². The Bertz CT molecular complexity index is 653. The van der Waals surface area contributed by atoms with Gasteiger partial charge in [0.1, 0.15) is 5.69 Å². The topological polar surface area (TPSA) is 63.9 Å². The number of piperidine rings is 1. The number of aromatic nitrogens is 4. The molecular weight excluding hydrogens is 266 g/mol. The maximum absolute atomic E-state index is 12.0. The van der Waals surface area contributed by atoms with E-state index in [9.17, 15) is 4.79 Å². The van der Waals surface area contributed by atoms with Crippen molar-refractivity contribution < 1.29 is 4.79 Å². The first-order valence-corrected chi connectivity index (χ1v) is 7.39. The third-order valence-electron chi connectivity index (χ3n) is 4.48. The van der Waals surface area contributed by atoms with Gasteiger partial charge in [-0.2, -0.15) is 0 Å². The molecule has 2 aliphatic rings. The summed E-state index contributed by atoms with van der Waals surface area (Å²) in [6.07, 6.45) is 8.41. The molecule has 2 bridgehead atoms. The van der Waals surface area contributed by atoms with E-state index in [-0.39, 0.29) is 6.04 Å². The van der Waals surface area contributed by atoms with E-state index in [1.54, 1.807) is 12.4 Å². The van der Waals surface area contributed by atoms with Gasteiger partial charge in [0.15, 0.2) is 0 Å². The highest BCUT2D eigenvalue weighted by atomic mass is 16.2. The zero-order valence-corrected chi connectivity index (χ0v) is 11.7. The van der Waals surface area contributed by atoms with Crippen molar-refractivity contribution >= 4 is 5.91 Å². The van der Waals surface area contributed by atoms with E-state index in [0.29, 0.717) is 11.8 Å². The number of pyridine rings is 1. The molecular formula is C15H17N5O. The summed E-state index contributed by atoms with van der Waals surface area (Å²) in [5.74, 6) is 0.880. The Morgan fingerprint density at radius 1 is 1.33 bits per heavy atom. The number of fused-ring (bicyclic) bond motifs is 2. The quantitative estimate of drug-likeness (QED) is 0.853. The van der Waals surface area contributed by atoms with Crippen LogP contribution in [0.5, 0.6) is 0 Å². The Kier molecular flexibility index (Phi) is 2.94. The third kappa shape index (κ3) is 2.30. The molecule has 0 unspecified atom stereocenters. The van der Waals surface area contributed by atoms with Crippen molar-refractivity contribution in [3.05, 3.63) is 30.7 Å². The SMILES string of the molecule is O=C1C[C@@H]2CC[C@@H](Cn3cc(-c4cccnc4)nn3)N1C2. The second kappa shape index (κ2) is 4.95. The Morgan fingerprint density at radius 2 is 2.29 bits per heavy atom. The number of nitrogens with zero attached hydrogens (tertiary/aromatic N) is 5. The maximum atomic E-state index is 12.0. The first kappa shape index (κ1) is 12.5. The number of rotatable bonds is 3. The molecule has 2 aromatic heterocycles. The Hall–Kier alpha value is -2.24. The first-order valence-electron chi connectivity index (χ1n) is 7.39. The zero-order valence-electron chi connectivity index (χ0n) is 11.7. The summed E-state index contributed by atoms with van der Waals surface area (Å²) in [5, 5.41) is 8.40. The van der Waals surface area contributed by atoms with Crippen molar-refractivity contribution in [2.24, 2.45) is 5.92 Å². The Balaban J connectivity index is 1.51. The van der Waals surface area contributed by atoms with Crippen molar-refractivity contribution in [2.45, 2.75) is 31.8 Å². The second-order valence-electron chi connectivity index (χ2n) is 5.91. The van der Waals surface area contributed by atoms with Gasteiger partial charge in [0.2, 0.25) is 5.91 Å². The zero-order chi connectivity index (χ0) is 14.2. The van der Waals surface area contributed by atoms with E-state index in [0.717, 1.165) is 43.6 Å². The molecule has 2 atom stereocenters. The third-order valence-corrected chi connectivity index (χ3v) is 4.48. The van der Waals surface area contributed by atoms with Gasteiger partial charge in [-0.15, -0.1) is 5.10 Å². The van der Waals surface area contributed by atoms with Gasteiger partial charge in [0.05, 0.1) is 18.8 Å². The van der Waals surface area contributed by atoms with E-state index in [4.69, 9.17) is 0 Å². The number of carbonyl (C=O) groups excluding carboxylic acids is 1. The fourth-order valence-electron chi connectivity index (χ4n) is 3.38. The molecule has 4 rings (SSSR count). The van der Waals surface area contributed by atoms with Gasteiger partial charge in [0.25, 0.3) is 0 Å². The lowest BCUT2D eigenvalue weighted by molar-refractivity contribution is -0.129. The predicted octanol–water partition coefficient (Wildman–Crippen LogP) is 1.35. The molecule has 4 heterocycles. The summed E-state index contributed by atoms with van der Waals surface area (Å²) in [7, 11) is 0. The molecule has 2 saturated heterocycles. The lowest BCUT2D eigenvalue weighted by atomic mass is 9.96. The van der Waals surface area contributed by atoms with Crippen LogP contribution in [0, 0.1) is 5.92 Å². The molecule has 2 aromatic rings. The number of carbonyl (C=O) groups is 1. The van der Waals surface area contributed by atoms with Gasteiger partial charge < -0.3 is 4.90 Å². The van der Waals surface area contributed by atoms with E-state index in [2.05, 4.69) is 15.3 Å². The highest BCUT2D eigenvalue weighted by Gasteiger charge is 2.38. The van der Waals surface area contributed by atoms with Gasteiger partial charge >= 0.3 is 0 Å². The van der Waals surface area contributed by atoms with Gasteiger partial charge in [-0.1, -0.05) is 5.21 Å². The monoisotopic (exact) mass is 283 g/mol. The summed E-state index contributed by atoms with van der Waals surface area (Å²) in [6, 6.07) is 4.12. The molecule has 0 N–H and O–H groups in total. The summed E-state index contributed by atoms with van der Waals surface area (Å²) >= 11 is 0. The molecule has 0 spiro atoms. The lowest BCUT2D eigenvalue weighted by Crippen LogP contribution is -2.42. The lowest BCUT2D eigenvalue weighted by Gasteiger charge is -2.32. The van der Waals surface area contributed by atoms with Crippen LogP contribution >= 0.6 is 0 Å². The molecule has 21 heavy (non-hydrogen) atoms. The minimum atomic E-state index is 0.264. The largest absolute Gasteiger partial charge is 0.338 e. The van der Waals surface area contributed by atoms with Crippen LogP contribution in [-0.4, -0.2) is 43.4 Å². The van der Waals surface area contributed by atoms with Crippen LogP contribution in [0.1, 0.15) is 19.3 Å². The van der Waals surface area contributed by atoms with Crippen molar-refractivity contribution in [1.82, 2.24) is 24.9 Å². The molecule has 6 nitrogen and oxygen atoms in total. The standard InChI is InChI=1S/C15H17N5O/c21-15-6-11-3-4-13(20(15)8-11)9-19-10-14(17-18-19)12-2-1-5-16-7-12/h1-2,5,7,10-11,13H,3-4,6,8-9H2/t11-,13-/m0/s1. The van der Waals surface area contributed by atoms with Crippen LogP contribution in [-0.2, 0) is 11.3 Å². The van der Waals surface area contributed by atoms with Crippen molar-refractivity contribution in [3.8, 4) is 11.3 Å². The fraction of sp³-hybridized carbons (Fsp3) is 0.467. The second-order valence-corrected chi connectivity index (χ2v) is 5.91. The molecule has 108 valence electrons. The predicted molar refractivity (Wildman–Crippen MR) is 76.1 cm³/mol. The number of hydrogen-bond donors (Lipinski definition) is 0. The molecule has 6 heteroatoms. The van der Waals surface area contributed by atoms with Crippen molar-refractivity contribution in [3.63, 3.8) is 0 Å². The molecule has 0 aliphatic carbocycles. The van der Waals surface area contributed by atoms with Gasteiger partial charge in [-0.25, -0.2) is 4.68 Å². The molecule has 0 saturated carbocycles. The van der Waals surface area contributed by atoms with Crippen molar-refractivity contribution in [1.29, 1.82) is 0 Å². The highest BCUT2D eigenvalue weighted by molar-refractivity contribution is 5.79. The first-order chi connectivity index (χ1) is 10.3. The molecule has 1 amide bonds. The summed E-state index contributed by atoms with van der Waals surface area (Å²) < 4.78 is 1.85. The summed E-state index contributed by atoms with van der Waals surface area (Å²) in [6.45, 7) is 1.65. The van der Waals surface area contributed by atoms with E-state index < -0.39 is 0 Å². The van der Waals surface area contributed by atoms with Crippen LogP contribution in [0.15, 0.2) is 30.7 Å². The van der Waals surface area contributed by atoms with E-state index in [1.165, 1.54) is 0 Å². The maximum Gasteiger partial charge on any atom is 0.223 e. The average molecular weight is 283 g/mol. The minimum Gasteiger partial charge on any atom is -0.338 e. The van der Waals surface area contributed by atoms with Crippen LogP contribution in [0.25, 0.3) is 11.3 Å². The van der Waals surface area contributed by atoms with Gasteiger partial charge in [0, 0.05) is 30.9 Å². The van der Waals surface area contributed by atoms with E-state index in [1.807, 2.05) is 27.9 Å². The number of hydrogen-bond acceptors (Lipinski definition) is 4. The van der Waals surface area contributed by atoms with E-state index >= 15 is 0 Å². The van der Waals surface area contributed by atoms with Crippen LogP contribution < -0.4 is 0 Å². The molecule has 0 aromatic carbocycles. The van der Waals surface area contributed by atoms with Gasteiger partial charge in [-0.3, -0.25) is 9.78 Å². The Morgan fingerprint density at radius 3 is 3.14 bits per heavy atom. The minimum absolute atomic E-state index is 0.264. The molecule has 2 fully saturated rings. The number of amides is 1. The highest BCUT2D eigenvalue weighted by Crippen LogP contribution is 2.32. The summed E-state index contributed by atoms with van der Waals surface area (Å²) in [4.78, 5) is 18.1. The fourth-order valence-corrected chi connectivity index (χ4v) is 3.38. The van der Waals surface area contributed by atoms with Crippen LogP contribution in [0.4, 0.5) is 0 Å². The Labute approximate surface area is 122 Å². The summed E-state index contributed by atoms with van der Waals surface area (Å²) in [5.41, 5.74) is 1.79.